The number of carbonyl (C=O) groups is 3. The molecule has 3 amide bonds. The number of hydrogen-bond donors (Lipinski definition) is 1. The molecule has 188 valence electrons. The lowest BCUT2D eigenvalue weighted by Crippen LogP contribution is -2.49. The van der Waals surface area contributed by atoms with Gasteiger partial charge in [-0.2, -0.15) is 0 Å². The molecule has 1 atom stereocenters. The maximum absolute atomic E-state index is 13.2. The van der Waals surface area contributed by atoms with E-state index in [-0.39, 0.29) is 41.7 Å². The molecule has 3 rings (SSSR count). The van der Waals surface area contributed by atoms with E-state index in [2.05, 4.69) is 5.32 Å². The van der Waals surface area contributed by atoms with Crippen LogP contribution in [0.5, 0.6) is 0 Å². The zero-order valence-electron chi connectivity index (χ0n) is 20.3. The smallest absolute Gasteiger partial charge is 0.269 e. The van der Waals surface area contributed by atoms with Gasteiger partial charge in [0.1, 0.15) is 10.9 Å². The van der Waals surface area contributed by atoms with Gasteiger partial charge in [-0.25, -0.2) is 12.7 Å². The third-order valence-corrected chi connectivity index (χ3v) is 7.99. The van der Waals surface area contributed by atoms with E-state index >= 15 is 0 Å². The second-order valence-electron chi connectivity index (χ2n) is 8.63. The molecule has 0 aromatic heterocycles. The van der Waals surface area contributed by atoms with Crippen molar-refractivity contribution in [1.82, 2.24) is 14.5 Å². The highest BCUT2D eigenvalue weighted by Crippen LogP contribution is 2.30. The quantitative estimate of drug-likeness (QED) is 0.452. The van der Waals surface area contributed by atoms with Gasteiger partial charge in [0, 0.05) is 26.1 Å². The Kier molecular flexibility index (Phi) is 9.03. The molecule has 1 unspecified atom stereocenters. The molecule has 0 radical (unpaired) electrons. The summed E-state index contributed by atoms with van der Waals surface area (Å²) in [7, 11) is -3.91. The Morgan fingerprint density at radius 1 is 1.03 bits per heavy atom. The Hall–Kier alpha value is -3.20. The molecule has 0 bridgehead atoms. The van der Waals surface area contributed by atoms with E-state index in [0.717, 1.165) is 22.7 Å². The van der Waals surface area contributed by atoms with E-state index in [0.29, 0.717) is 19.5 Å². The molecule has 2 aromatic carbocycles. The molecular formula is C26H33N3O5S. The average molecular weight is 500 g/mol. The van der Waals surface area contributed by atoms with Crippen molar-refractivity contribution in [3.63, 3.8) is 0 Å². The second-order valence-corrected chi connectivity index (χ2v) is 10.5. The largest absolute Gasteiger partial charge is 0.354 e. The standard InChI is InChI=1S/C26H33N3O5S/c1-3-4-17-27-25(31)20(2)28(19-16-21-11-6-5-7-12-21)24(30)15-10-18-29-26(32)22-13-8-9-14-23(22)35(29,33)34/h5-9,11-14,20H,3-4,10,15-19H2,1-2H3,(H,27,31). The molecule has 0 fully saturated rings. The summed E-state index contributed by atoms with van der Waals surface area (Å²) in [6, 6.07) is 15.1. The number of amides is 3. The van der Waals surface area contributed by atoms with E-state index in [1.165, 1.54) is 12.1 Å². The van der Waals surface area contributed by atoms with Crippen LogP contribution in [0.3, 0.4) is 0 Å². The second kappa shape index (κ2) is 12.0. The van der Waals surface area contributed by atoms with Gasteiger partial charge in [0.15, 0.2) is 0 Å². The first-order valence-electron chi connectivity index (χ1n) is 12.0. The van der Waals surface area contributed by atoms with Crippen molar-refractivity contribution >= 4 is 27.7 Å². The van der Waals surface area contributed by atoms with Crippen LogP contribution in [-0.4, -0.2) is 61.0 Å². The van der Waals surface area contributed by atoms with Gasteiger partial charge in [-0.15, -0.1) is 0 Å². The van der Waals surface area contributed by atoms with Gasteiger partial charge in [-0.3, -0.25) is 14.4 Å². The van der Waals surface area contributed by atoms with Gasteiger partial charge in [0.05, 0.1) is 5.56 Å². The first-order valence-corrected chi connectivity index (χ1v) is 13.5. The first-order chi connectivity index (χ1) is 16.8. The van der Waals surface area contributed by atoms with Crippen molar-refractivity contribution in [2.24, 2.45) is 0 Å². The number of hydrogen-bond acceptors (Lipinski definition) is 5. The number of sulfonamides is 1. The van der Waals surface area contributed by atoms with Crippen LogP contribution in [0, 0.1) is 0 Å². The number of carbonyl (C=O) groups excluding carboxylic acids is 3. The summed E-state index contributed by atoms with van der Waals surface area (Å²) >= 11 is 0. The molecule has 2 aromatic rings. The fraction of sp³-hybridized carbons (Fsp3) is 0.423. The predicted octanol–water partition coefficient (Wildman–Crippen LogP) is 2.99. The van der Waals surface area contributed by atoms with E-state index in [9.17, 15) is 22.8 Å². The molecule has 0 spiro atoms. The Labute approximate surface area is 207 Å². The number of benzene rings is 2. The number of nitrogens with zero attached hydrogens (tertiary/aromatic N) is 2. The Bertz CT molecular complexity index is 1150. The van der Waals surface area contributed by atoms with Crippen LogP contribution in [-0.2, 0) is 26.0 Å². The molecule has 1 aliphatic rings. The molecule has 0 saturated heterocycles. The molecule has 0 aliphatic carbocycles. The summed E-state index contributed by atoms with van der Waals surface area (Å²) in [5, 5.41) is 2.88. The number of unbranched alkanes of at least 4 members (excludes halogenated alkanes) is 1. The van der Waals surface area contributed by atoms with Crippen LogP contribution < -0.4 is 5.32 Å². The minimum atomic E-state index is -3.91. The summed E-state index contributed by atoms with van der Waals surface area (Å²) < 4.78 is 26.3. The minimum absolute atomic E-state index is 0.00168. The Morgan fingerprint density at radius 3 is 2.40 bits per heavy atom. The van der Waals surface area contributed by atoms with Gasteiger partial charge >= 0.3 is 0 Å². The van der Waals surface area contributed by atoms with Crippen molar-refractivity contribution < 1.29 is 22.8 Å². The third-order valence-electron chi connectivity index (χ3n) is 6.14. The molecule has 8 nitrogen and oxygen atoms in total. The third kappa shape index (κ3) is 6.28. The fourth-order valence-electron chi connectivity index (χ4n) is 4.08. The highest BCUT2D eigenvalue weighted by Gasteiger charge is 2.40. The first kappa shape index (κ1) is 26.4. The number of nitrogens with one attached hydrogen (secondary N) is 1. The summed E-state index contributed by atoms with van der Waals surface area (Å²) in [5.41, 5.74) is 1.20. The van der Waals surface area contributed by atoms with E-state index in [1.807, 2.05) is 37.3 Å². The normalized spacial score (nSPS) is 14.9. The maximum atomic E-state index is 13.2. The Morgan fingerprint density at radius 2 is 1.71 bits per heavy atom. The van der Waals surface area contributed by atoms with Gasteiger partial charge in [-0.1, -0.05) is 55.8 Å². The van der Waals surface area contributed by atoms with E-state index < -0.39 is 22.0 Å². The number of rotatable bonds is 12. The average Bonchev–Trinajstić information content (AvgIpc) is 3.05. The summed E-state index contributed by atoms with van der Waals surface area (Å²) in [4.78, 5) is 40.0. The highest BCUT2D eigenvalue weighted by molar-refractivity contribution is 7.90. The van der Waals surface area contributed by atoms with Crippen molar-refractivity contribution in [2.45, 2.75) is 56.9 Å². The SMILES string of the molecule is CCCCNC(=O)C(C)N(CCc1ccccc1)C(=O)CCCN1C(=O)c2ccccc2S1(=O)=O. The van der Waals surface area contributed by atoms with Crippen LogP contribution in [0.2, 0.25) is 0 Å². The lowest BCUT2D eigenvalue weighted by atomic mass is 10.1. The van der Waals surface area contributed by atoms with Gasteiger partial charge < -0.3 is 10.2 Å². The van der Waals surface area contributed by atoms with Crippen LogP contribution >= 0.6 is 0 Å². The maximum Gasteiger partial charge on any atom is 0.269 e. The van der Waals surface area contributed by atoms with Gasteiger partial charge in [0.25, 0.3) is 15.9 Å². The summed E-state index contributed by atoms with van der Waals surface area (Å²) in [5.74, 6) is -1.04. The molecular weight excluding hydrogens is 466 g/mol. The predicted molar refractivity (Wildman–Crippen MR) is 133 cm³/mol. The van der Waals surface area contributed by atoms with Crippen LogP contribution in [0.1, 0.15) is 55.5 Å². The monoisotopic (exact) mass is 499 g/mol. The van der Waals surface area contributed by atoms with Crippen molar-refractivity contribution in [3.05, 3.63) is 65.7 Å². The van der Waals surface area contributed by atoms with Crippen LogP contribution in [0.4, 0.5) is 0 Å². The molecule has 35 heavy (non-hydrogen) atoms. The molecule has 1 N–H and O–H groups in total. The zero-order chi connectivity index (χ0) is 25.4. The van der Waals surface area contributed by atoms with Crippen molar-refractivity contribution in [1.29, 1.82) is 0 Å². The zero-order valence-corrected chi connectivity index (χ0v) is 21.1. The summed E-state index contributed by atoms with van der Waals surface area (Å²) in [6.07, 6.45) is 2.60. The fourth-order valence-corrected chi connectivity index (χ4v) is 5.68. The van der Waals surface area contributed by atoms with E-state index in [4.69, 9.17) is 0 Å². The number of fused-ring (bicyclic) bond motifs is 1. The van der Waals surface area contributed by atoms with Gasteiger partial charge in [0.2, 0.25) is 11.8 Å². The summed E-state index contributed by atoms with van der Waals surface area (Å²) in [6.45, 7) is 4.56. The van der Waals surface area contributed by atoms with Crippen LogP contribution in [0.15, 0.2) is 59.5 Å². The highest BCUT2D eigenvalue weighted by atomic mass is 32.2. The van der Waals surface area contributed by atoms with Gasteiger partial charge in [-0.05, 0) is 43.9 Å². The van der Waals surface area contributed by atoms with Crippen LogP contribution in [0.25, 0.3) is 0 Å². The molecule has 0 saturated carbocycles. The lowest BCUT2D eigenvalue weighted by Gasteiger charge is -2.29. The lowest BCUT2D eigenvalue weighted by molar-refractivity contribution is -0.140. The molecule has 1 aliphatic heterocycles. The molecule has 9 heteroatoms. The van der Waals surface area contributed by atoms with Crippen molar-refractivity contribution in [2.75, 3.05) is 19.6 Å². The Balaban J connectivity index is 1.64. The molecule has 1 heterocycles. The minimum Gasteiger partial charge on any atom is -0.354 e. The van der Waals surface area contributed by atoms with Crippen molar-refractivity contribution in [3.8, 4) is 0 Å². The van der Waals surface area contributed by atoms with E-state index in [1.54, 1.807) is 24.0 Å². The topological polar surface area (TPSA) is 104 Å².